The van der Waals surface area contributed by atoms with Gasteiger partial charge in [0.2, 0.25) is 0 Å². The summed E-state index contributed by atoms with van der Waals surface area (Å²) in [6.07, 6.45) is 0.601. The summed E-state index contributed by atoms with van der Waals surface area (Å²) < 4.78 is 23.3. The maximum absolute atomic E-state index is 12.7. The molecule has 0 saturated carbocycles. The Bertz CT molecular complexity index is 954. The van der Waals surface area contributed by atoms with Gasteiger partial charge in [-0.25, -0.2) is 8.42 Å². The number of hydrogen-bond acceptors (Lipinski definition) is 5. The van der Waals surface area contributed by atoms with Crippen molar-refractivity contribution >= 4 is 39.0 Å². The zero-order chi connectivity index (χ0) is 18.7. The first-order valence-corrected chi connectivity index (χ1v) is 10.9. The standard InChI is InChI=1S/C19H19NO4S2/c1-13(21)14-5-4-6-15(11-14)20-19(22)17-7-2-3-8-18(17)25-16-9-10-26(23,24)12-16/h2-8,11,16H,9-10,12H2,1H3,(H,20,22)/t16-/m1/s1. The maximum Gasteiger partial charge on any atom is 0.256 e. The molecule has 0 unspecified atom stereocenters. The number of anilines is 1. The molecular formula is C19H19NO4S2. The lowest BCUT2D eigenvalue weighted by molar-refractivity contribution is 0.101. The molecule has 1 saturated heterocycles. The van der Waals surface area contributed by atoms with E-state index in [0.717, 1.165) is 4.90 Å². The van der Waals surface area contributed by atoms with Gasteiger partial charge in [-0.2, -0.15) is 0 Å². The quantitative estimate of drug-likeness (QED) is 0.793. The van der Waals surface area contributed by atoms with Crippen LogP contribution in [0, 0.1) is 0 Å². The highest BCUT2D eigenvalue weighted by atomic mass is 32.2. The van der Waals surface area contributed by atoms with Gasteiger partial charge in [0.15, 0.2) is 15.6 Å². The summed E-state index contributed by atoms with van der Waals surface area (Å²) in [6, 6.07) is 13.9. The fourth-order valence-corrected chi connectivity index (χ4v) is 6.43. The molecule has 0 aliphatic carbocycles. The molecule has 1 aliphatic rings. The summed E-state index contributed by atoms with van der Waals surface area (Å²) in [5.41, 5.74) is 1.57. The molecule has 0 spiro atoms. The largest absolute Gasteiger partial charge is 0.322 e. The SMILES string of the molecule is CC(=O)c1cccc(NC(=O)c2ccccc2S[C@@H]2CCS(=O)(=O)C2)c1. The van der Waals surface area contributed by atoms with E-state index in [1.165, 1.54) is 18.7 Å². The van der Waals surface area contributed by atoms with E-state index in [4.69, 9.17) is 0 Å². The van der Waals surface area contributed by atoms with Gasteiger partial charge in [0.05, 0.1) is 17.1 Å². The van der Waals surface area contributed by atoms with Crippen LogP contribution in [0.1, 0.15) is 34.1 Å². The molecule has 0 radical (unpaired) electrons. The topological polar surface area (TPSA) is 80.3 Å². The van der Waals surface area contributed by atoms with Gasteiger partial charge in [-0.3, -0.25) is 9.59 Å². The Morgan fingerprint density at radius 2 is 1.88 bits per heavy atom. The van der Waals surface area contributed by atoms with Crippen molar-refractivity contribution in [2.75, 3.05) is 16.8 Å². The molecule has 1 aliphatic heterocycles. The van der Waals surface area contributed by atoms with Gasteiger partial charge >= 0.3 is 0 Å². The normalized spacial score (nSPS) is 18.4. The second-order valence-electron chi connectivity index (χ2n) is 6.23. The third kappa shape index (κ3) is 4.53. The molecule has 1 amide bonds. The van der Waals surface area contributed by atoms with Crippen molar-refractivity contribution in [3.8, 4) is 0 Å². The number of benzene rings is 2. The van der Waals surface area contributed by atoms with Crippen molar-refractivity contribution in [2.45, 2.75) is 23.5 Å². The van der Waals surface area contributed by atoms with Gasteiger partial charge in [-0.1, -0.05) is 24.3 Å². The number of ketones is 1. The molecule has 1 fully saturated rings. The van der Waals surface area contributed by atoms with Crippen molar-refractivity contribution in [3.05, 3.63) is 59.7 Å². The number of sulfone groups is 1. The first kappa shape index (κ1) is 18.7. The van der Waals surface area contributed by atoms with Crippen molar-refractivity contribution in [2.24, 2.45) is 0 Å². The molecule has 7 heteroatoms. The predicted octanol–water partition coefficient (Wildman–Crippen LogP) is 3.42. The van der Waals surface area contributed by atoms with E-state index in [0.29, 0.717) is 23.2 Å². The minimum absolute atomic E-state index is 0.0324. The highest BCUT2D eigenvalue weighted by Crippen LogP contribution is 2.33. The van der Waals surface area contributed by atoms with Crippen LogP contribution in [0.15, 0.2) is 53.4 Å². The third-order valence-electron chi connectivity index (χ3n) is 4.14. The van der Waals surface area contributed by atoms with E-state index >= 15 is 0 Å². The van der Waals surface area contributed by atoms with E-state index in [9.17, 15) is 18.0 Å². The minimum Gasteiger partial charge on any atom is -0.322 e. The predicted molar refractivity (Wildman–Crippen MR) is 104 cm³/mol. The molecule has 0 bridgehead atoms. The number of thioether (sulfide) groups is 1. The highest BCUT2D eigenvalue weighted by molar-refractivity contribution is 8.02. The lowest BCUT2D eigenvalue weighted by atomic mass is 10.1. The van der Waals surface area contributed by atoms with Crippen molar-refractivity contribution < 1.29 is 18.0 Å². The summed E-state index contributed by atoms with van der Waals surface area (Å²) in [7, 11) is -2.96. The van der Waals surface area contributed by atoms with Crippen LogP contribution < -0.4 is 5.32 Å². The average Bonchev–Trinajstić information content (AvgIpc) is 2.94. The molecule has 1 N–H and O–H groups in total. The Morgan fingerprint density at radius 3 is 2.58 bits per heavy atom. The van der Waals surface area contributed by atoms with E-state index in [2.05, 4.69) is 5.32 Å². The van der Waals surface area contributed by atoms with E-state index in [-0.39, 0.29) is 28.4 Å². The van der Waals surface area contributed by atoms with Gasteiger partial charge in [0, 0.05) is 21.4 Å². The van der Waals surface area contributed by atoms with E-state index in [1.807, 2.05) is 12.1 Å². The number of rotatable bonds is 5. The number of amides is 1. The maximum atomic E-state index is 12.7. The molecule has 2 aromatic rings. The third-order valence-corrected chi connectivity index (χ3v) is 7.47. The summed E-state index contributed by atoms with van der Waals surface area (Å²) in [6.45, 7) is 1.47. The number of nitrogens with one attached hydrogen (secondary N) is 1. The number of carbonyl (C=O) groups is 2. The summed E-state index contributed by atoms with van der Waals surface area (Å²) in [5.74, 6) is -0.000309. The monoisotopic (exact) mass is 389 g/mol. The zero-order valence-electron chi connectivity index (χ0n) is 14.3. The van der Waals surface area contributed by atoms with Crippen LogP contribution in [0.4, 0.5) is 5.69 Å². The first-order valence-electron chi connectivity index (χ1n) is 8.22. The molecular weight excluding hydrogens is 370 g/mol. The summed E-state index contributed by atoms with van der Waals surface area (Å²) in [4.78, 5) is 24.9. The molecule has 1 atom stereocenters. The molecule has 2 aromatic carbocycles. The van der Waals surface area contributed by atoms with Gasteiger partial charge in [0.1, 0.15) is 0 Å². The highest BCUT2D eigenvalue weighted by Gasteiger charge is 2.29. The van der Waals surface area contributed by atoms with Crippen molar-refractivity contribution in [1.82, 2.24) is 0 Å². The van der Waals surface area contributed by atoms with Gasteiger partial charge in [0.25, 0.3) is 5.91 Å². The fraction of sp³-hybridized carbons (Fsp3) is 0.263. The molecule has 136 valence electrons. The lowest BCUT2D eigenvalue weighted by Crippen LogP contribution is -2.14. The average molecular weight is 389 g/mol. The molecule has 3 rings (SSSR count). The first-order chi connectivity index (χ1) is 12.3. The van der Waals surface area contributed by atoms with E-state index < -0.39 is 9.84 Å². The Hall–Kier alpha value is -2.12. The van der Waals surface area contributed by atoms with Crippen molar-refractivity contribution in [1.29, 1.82) is 0 Å². The molecule has 0 aromatic heterocycles. The summed E-state index contributed by atoms with van der Waals surface area (Å²) in [5, 5.41) is 2.78. The van der Waals surface area contributed by atoms with E-state index in [1.54, 1.807) is 36.4 Å². The molecule has 1 heterocycles. The second kappa shape index (κ2) is 7.63. The number of carbonyl (C=O) groups excluding carboxylic acids is 2. The summed E-state index contributed by atoms with van der Waals surface area (Å²) >= 11 is 1.43. The molecule has 26 heavy (non-hydrogen) atoms. The van der Waals surface area contributed by atoms with Crippen LogP contribution in [-0.4, -0.2) is 36.9 Å². The zero-order valence-corrected chi connectivity index (χ0v) is 15.9. The fourth-order valence-electron chi connectivity index (χ4n) is 2.80. The smallest absolute Gasteiger partial charge is 0.256 e. The number of Topliss-reactive ketones (excluding diaryl/α,β-unsaturated/α-hetero) is 1. The van der Waals surface area contributed by atoms with Crippen LogP contribution in [0.3, 0.4) is 0 Å². The lowest BCUT2D eigenvalue weighted by Gasteiger charge is -2.13. The Labute approximate surface area is 157 Å². The number of hydrogen-bond donors (Lipinski definition) is 1. The van der Waals surface area contributed by atoms with Crippen LogP contribution in [0.2, 0.25) is 0 Å². The van der Waals surface area contributed by atoms with Crippen LogP contribution in [-0.2, 0) is 9.84 Å². The van der Waals surface area contributed by atoms with Crippen molar-refractivity contribution in [3.63, 3.8) is 0 Å². The second-order valence-corrected chi connectivity index (χ2v) is 9.80. The van der Waals surface area contributed by atoms with Crippen LogP contribution in [0.25, 0.3) is 0 Å². The Morgan fingerprint density at radius 1 is 1.12 bits per heavy atom. The Balaban J connectivity index is 1.78. The van der Waals surface area contributed by atoms with Gasteiger partial charge < -0.3 is 5.32 Å². The minimum atomic E-state index is -2.96. The molecule has 5 nitrogen and oxygen atoms in total. The van der Waals surface area contributed by atoms with Gasteiger partial charge in [-0.15, -0.1) is 11.8 Å². The van der Waals surface area contributed by atoms with Crippen LogP contribution in [0.5, 0.6) is 0 Å². The van der Waals surface area contributed by atoms with Crippen LogP contribution >= 0.6 is 11.8 Å². The Kier molecular flexibility index (Phi) is 5.48. The van der Waals surface area contributed by atoms with Gasteiger partial charge in [-0.05, 0) is 37.6 Å².